The lowest BCUT2D eigenvalue weighted by Gasteiger charge is -2.32. The molecule has 1 aromatic rings. The van der Waals surface area contributed by atoms with E-state index in [2.05, 4.69) is 37.1 Å². The highest BCUT2D eigenvalue weighted by Gasteiger charge is 2.31. The molecule has 2 unspecified atom stereocenters. The summed E-state index contributed by atoms with van der Waals surface area (Å²) in [6.45, 7) is 11.8. The Kier molecular flexibility index (Phi) is 7.55. The maximum absolute atomic E-state index is 12.9. The van der Waals surface area contributed by atoms with Crippen molar-refractivity contribution in [3.8, 4) is 5.75 Å². The molecule has 2 atom stereocenters. The standard InChI is InChI=1S/C26H40N2O3/c1-18-16-25(31-15-12-28-10-13-30-14-11-28)20(3)24-17-21(8-9-23(18)24)19(2)26(29)27-22-6-4-5-7-22/h16,19,21-22H,4-15,17H2,1-3H3,(H,27,29). The first kappa shape index (κ1) is 22.6. The molecule has 2 aliphatic carbocycles. The van der Waals surface area contributed by atoms with Gasteiger partial charge in [0.25, 0.3) is 0 Å². The normalized spacial score (nSPS) is 23.4. The molecule has 31 heavy (non-hydrogen) atoms. The summed E-state index contributed by atoms with van der Waals surface area (Å²) >= 11 is 0. The van der Waals surface area contributed by atoms with Crippen LogP contribution in [-0.2, 0) is 22.4 Å². The number of rotatable bonds is 7. The van der Waals surface area contributed by atoms with Crippen LogP contribution in [-0.4, -0.2) is 56.3 Å². The Balaban J connectivity index is 1.39. The minimum Gasteiger partial charge on any atom is -0.492 e. The Morgan fingerprint density at radius 3 is 2.68 bits per heavy atom. The molecular weight excluding hydrogens is 388 g/mol. The molecule has 1 aliphatic heterocycles. The van der Waals surface area contributed by atoms with Gasteiger partial charge in [-0.1, -0.05) is 19.8 Å². The van der Waals surface area contributed by atoms with E-state index in [-0.39, 0.29) is 11.8 Å². The Bertz CT molecular complexity index is 766. The Morgan fingerprint density at radius 2 is 1.94 bits per heavy atom. The van der Waals surface area contributed by atoms with Gasteiger partial charge >= 0.3 is 0 Å². The first-order valence-corrected chi connectivity index (χ1v) is 12.4. The van der Waals surface area contributed by atoms with Gasteiger partial charge in [0.15, 0.2) is 0 Å². The van der Waals surface area contributed by atoms with E-state index in [1.54, 1.807) is 0 Å². The van der Waals surface area contributed by atoms with Gasteiger partial charge in [0, 0.05) is 31.6 Å². The van der Waals surface area contributed by atoms with Crippen molar-refractivity contribution in [3.05, 3.63) is 28.3 Å². The number of nitrogens with zero attached hydrogens (tertiary/aromatic N) is 1. The summed E-state index contributed by atoms with van der Waals surface area (Å²) in [6.07, 6.45) is 7.96. The van der Waals surface area contributed by atoms with E-state index in [4.69, 9.17) is 9.47 Å². The van der Waals surface area contributed by atoms with Gasteiger partial charge < -0.3 is 14.8 Å². The molecule has 2 fully saturated rings. The SMILES string of the molecule is Cc1cc(OCCN2CCOCC2)c(C)c2c1CCC(C(C)C(=O)NC1CCCC1)C2. The van der Waals surface area contributed by atoms with Crippen LogP contribution in [0.2, 0.25) is 0 Å². The van der Waals surface area contributed by atoms with E-state index >= 15 is 0 Å². The van der Waals surface area contributed by atoms with Gasteiger partial charge in [-0.05, 0) is 80.2 Å². The van der Waals surface area contributed by atoms with Crippen molar-refractivity contribution in [2.45, 2.75) is 71.8 Å². The lowest BCUT2D eigenvalue weighted by Crippen LogP contribution is -2.40. The van der Waals surface area contributed by atoms with E-state index in [1.807, 2.05) is 0 Å². The molecular formula is C26H40N2O3. The molecule has 0 radical (unpaired) electrons. The Morgan fingerprint density at radius 1 is 1.19 bits per heavy atom. The summed E-state index contributed by atoms with van der Waals surface area (Å²) < 4.78 is 11.7. The van der Waals surface area contributed by atoms with Crippen molar-refractivity contribution in [1.29, 1.82) is 0 Å². The van der Waals surface area contributed by atoms with Crippen molar-refractivity contribution in [3.63, 3.8) is 0 Å². The second-order valence-corrected chi connectivity index (χ2v) is 9.86. The zero-order chi connectivity index (χ0) is 21.8. The first-order valence-electron chi connectivity index (χ1n) is 12.4. The highest BCUT2D eigenvalue weighted by Crippen LogP contribution is 2.38. The maximum atomic E-state index is 12.9. The second-order valence-electron chi connectivity index (χ2n) is 9.86. The van der Waals surface area contributed by atoms with Crippen LogP contribution >= 0.6 is 0 Å². The molecule has 1 saturated carbocycles. The van der Waals surface area contributed by atoms with Crippen LogP contribution in [0.3, 0.4) is 0 Å². The zero-order valence-corrected chi connectivity index (χ0v) is 19.7. The number of carbonyl (C=O) groups excluding carboxylic acids is 1. The molecule has 5 nitrogen and oxygen atoms in total. The minimum atomic E-state index is 0.0688. The number of hydrogen-bond acceptors (Lipinski definition) is 4. The van der Waals surface area contributed by atoms with E-state index in [1.165, 1.54) is 35.1 Å². The summed E-state index contributed by atoms with van der Waals surface area (Å²) in [5.41, 5.74) is 5.52. The van der Waals surface area contributed by atoms with Crippen LogP contribution in [0.25, 0.3) is 0 Å². The molecule has 0 bridgehead atoms. The second kappa shape index (κ2) is 10.4. The van der Waals surface area contributed by atoms with Gasteiger partial charge in [-0.25, -0.2) is 0 Å². The van der Waals surface area contributed by atoms with Crippen LogP contribution < -0.4 is 10.1 Å². The average molecular weight is 429 g/mol. The van der Waals surface area contributed by atoms with Crippen molar-refractivity contribution >= 4 is 5.91 Å². The van der Waals surface area contributed by atoms with Gasteiger partial charge in [0.05, 0.1) is 13.2 Å². The lowest BCUT2D eigenvalue weighted by atomic mass is 9.74. The largest absolute Gasteiger partial charge is 0.492 e. The van der Waals surface area contributed by atoms with Crippen LogP contribution in [0, 0.1) is 25.7 Å². The average Bonchev–Trinajstić information content (AvgIpc) is 3.30. The first-order chi connectivity index (χ1) is 15.0. The van der Waals surface area contributed by atoms with Crippen LogP contribution in [0.5, 0.6) is 5.75 Å². The van der Waals surface area contributed by atoms with Crippen LogP contribution in [0.1, 0.15) is 61.3 Å². The van der Waals surface area contributed by atoms with E-state index in [0.717, 1.165) is 70.7 Å². The predicted molar refractivity (Wildman–Crippen MR) is 124 cm³/mol. The molecule has 1 amide bonds. The quantitative estimate of drug-likeness (QED) is 0.717. The highest BCUT2D eigenvalue weighted by atomic mass is 16.5. The van der Waals surface area contributed by atoms with Gasteiger partial charge in [-0.3, -0.25) is 9.69 Å². The van der Waals surface area contributed by atoms with E-state index in [9.17, 15) is 4.79 Å². The fourth-order valence-electron chi connectivity index (χ4n) is 5.63. The van der Waals surface area contributed by atoms with Gasteiger partial charge in [0.1, 0.15) is 12.4 Å². The van der Waals surface area contributed by atoms with Crippen LogP contribution in [0.15, 0.2) is 6.07 Å². The third-order valence-electron chi connectivity index (χ3n) is 7.83. The Labute approximate surface area is 187 Å². The fourth-order valence-corrected chi connectivity index (χ4v) is 5.63. The smallest absolute Gasteiger partial charge is 0.223 e. The zero-order valence-electron chi connectivity index (χ0n) is 19.7. The lowest BCUT2D eigenvalue weighted by molar-refractivity contribution is -0.126. The number of nitrogens with one attached hydrogen (secondary N) is 1. The molecule has 1 N–H and O–H groups in total. The molecule has 1 aromatic carbocycles. The summed E-state index contributed by atoms with van der Waals surface area (Å²) in [5.74, 6) is 1.76. The van der Waals surface area contributed by atoms with Gasteiger partial charge in [-0.2, -0.15) is 0 Å². The number of carbonyl (C=O) groups is 1. The van der Waals surface area contributed by atoms with Gasteiger partial charge in [-0.15, -0.1) is 0 Å². The number of benzene rings is 1. The summed E-state index contributed by atoms with van der Waals surface area (Å²) in [5, 5.41) is 3.32. The number of hydrogen-bond donors (Lipinski definition) is 1. The highest BCUT2D eigenvalue weighted by molar-refractivity contribution is 5.79. The predicted octanol–water partition coefficient (Wildman–Crippen LogP) is 3.81. The number of amides is 1. The molecule has 0 aromatic heterocycles. The minimum absolute atomic E-state index is 0.0688. The topological polar surface area (TPSA) is 50.8 Å². The number of ether oxygens (including phenoxy) is 2. The van der Waals surface area contributed by atoms with Crippen LogP contribution in [0.4, 0.5) is 0 Å². The molecule has 4 rings (SSSR count). The molecule has 1 saturated heterocycles. The monoisotopic (exact) mass is 428 g/mol. The van der Waals surface area contributed by atoms with Crippen molar-refractivity contribution in [2.24, 2.45) is 11.8 Å². The third-order valence-corrected chi connectivity index (χ3v) is 7.83. The van der Waals surface area contributed by atoms with Crippen molar-refractivity contribution in [1.82, 2.24) is 10.2 Å². The van der Waals surface area contributed by atoms with Crippen molar-refractivity contribution in [2.75, 3.05) is 39.5 Å². The molecule has 1 heterocycles. The number of morpholine rings is 1. The number of fused-ring (bicyclic) bond motifs is 1. The Hall–Kier alpha value is -1.59. The molecule has 5 heteroatoms. The summed E-state index contributed by atoms with van der Waals surface area (Å²) in [6, 6.07) is 2.63. The summed E-state index contributed by atoms with van der Waals surface area (Å²) in [7, 11) is 0. The van der Waals surface area contributed by atoms with E-state index < -0.39 is 0 Å². The molecule has 172 valence electrons. The summed E-state index contributed by atoms with van der Waals surface area (Å²) in [4.78, 5) is 15.3. The van der Waals surface area contributed by atoms with Crippen molar-refractivity contribution < 1.29 is 14.3 Å². The van der Waals surface area contributed by atoms with Gasteiger partial charge in [0.2, 0.25) is 5.91 Å². The van der Waals surface area contributed by atoms with E-state index in [0.29, 0.717) is 18.6 Å². The molecule has 0 spiro atoms. The third kappa shape index (κ3) is 5.43. The number of aryl methyl sites for hydroxylation is 1. The maximum Gasteiger partial charge on any atom is 0.223 e. The molecule has 3 aliphatic rings. The fraction of sp³-hybridized carbons (Fsp3) is 0.731.